The monoisotopic (exact) mass is 428 g/mol. The van der Waals surface area contributed by atoms with E-state index < -0.39 is 15.6 Å². The van der Waals surface area contributed by atoms with Gasteiger partial charge in [-0.25, -0.2) is 8.42 Å². The first-order chi connectivity index (χ1) is 14.2. The number of carbonyl (C=O) groups is 1. The van der Waals surface area contributed by atoms with Crippen LogP contribution in [0.5, 0.6) is 5.75 Å². The van der Waals surface area contributed by atoms with Crippen molar-refractivity contribution in [2.45, 2.75) is 50.7 Å². The van der Waals surface area contributed by atoms with Crippen LogP contribution in [0.4, 0.5) is 0 Å². The zero-order chi connectivity index (χ0) is 21.5. The number of sulfonamides is 1. The number of ether oxygens (including phenoxy) is 1. The number of hydrogen-bond acceptors (Lipinski definition) is 4. The Morgan fingerprint density at radius 2 is 1.73 bits per heavy atom. The highest BCUT2D eigenvalue weighted by Gasteiger charge is 2.45. The molecule has 1 spiro atoms. The molecule has 4 rings (SSSR count). The number of hydrogen-bond donors (Lipinski definition) is 0. The normalized spacial score (nSPS) is 22.3. The van der Waals surface area contributed by atoms with Crippen LogP contribution >= 0.6 is 0 Å². The molecule has 2 aromatic carbocycles. The third kappa shape index (κ3) is 3.96. The minimum absolute atomic E-state index is 0.0363. The Labute approximate surface area is 178 Å². The van der Waals surface area contributed by atoms with Crippen molar-refractivity contribution in [3.63, 3.8) is 0 Å². The summed E-state index contributed by atoms with van der Waals surface area (Å²) in [5, 5.41) is 0. The van der Waals surface area contributed by atoms with E-state index in [1.54, 1.807) is 24.0 Å². The maximum atomic E-state index is 13.3. The predicted molar refractivity (Wildman–Crippen MR) is 115 cm³/mol. The number of carbonyl (C=O) groups excluding carboxylic acids is 1. The molecule has 1 atom stereocenters. The second-order valence-corrected chi connectivity index (χ2v) is 10.5. The van der Waals surface area contributed by atoms with Crippen LogP contribution in [0.25, 0.3) is 0 Å². The minimum atomic E-state index is -3.64. The van der Waals surface area contributed by atoms with E-state index in [0.717, 1.165) is 22.4 Å². The first-order valence-corrected chi connectivity index (χ1v) is 11.7. The highest BCUT2D eigenvalue weighted by Crippen LogP contribution is 2.36. The average molecular weight is 429 g/mol. The lowest BCUT2D eigenvalue weighted by molar-refractivity contribution is -0.132. The van der Waals surface area contributed by atoms with Crippen molar-refractivity contribution in [3.8, 4) is 5.75 Å². The summed E-state index contributed by atoms with van der Waals surface area (Å²) in [4.78, 5) is 14.4. The van der Waals surface area contributed by atoms with E-state index in [4.69, 9.17) is 4.74 Å². The van der Waals surface area contributed by atoms with E-state index in [1.165, 1.54) is 4.31 Å². The van der Waals surface area contributed by atoms with Crippen LogP contribution in [0.15, 0.2) is 47.4 Å². The molecule has 2 heterocycles. The maximum absolute atomic E-state index is 13.3. The van der Waals surface area contributed by atoms with Gasteiger partial charge in [-0.05, 0) is 44.9 Å². The minimum Gasteiger partial charge on any atom is -0.484 e. The molecular weight excluding hydrogens is 400 g/mol. The second kappa shape index (κ2) is 7.71. The maximum Gasteiger partial charge on any atom is 0.243 e. The molecule has 160 valence electrons. The number of rotatable bonds is 2. The lowest BCUT2D eigenvalue weighted by Gasteiger charge is -2.43. The zero-order valence-corrected chi connectivity index (χ0v) is 18.5. The molecule has 1 fully saturated rings. The largest absolute Gasteiger partial charge is 0.484 e. The molecule has 0 aromatic heterocycles. The van der Waals surface area contributed by atoms with Crippen LogP contribution in [-0.2, 0) is 21.4 Å². The SMILES string of the molecule is CC(=O)N1Cc2cc(C)ccc2OC2(CCCN(S(=O)(=O)c3ccc(C)cc3)C2)C1. The number of aryl methyl sites for hydroxylation is 2. The summed E-state index contributed by atoms with van der Waals surface area (Å²) in [6, 6.07) is 12.9. The van der Waals surface area contributed by atoms with Gasteiger partial charge in [-0.1, -0.05) is 35.4 Å². The van der Waals surface area contributed by atoms with Gasteiger partial charge in [0.05, 0.1) is 18.0 Å². The van der Waals surface area contributed by atoms with Gasteiger partial charge in [-0.15, -0.1) is 0 Å². The summed E-state index contributed by atoms with van der Waals surface area (Å²) in [6.07, 6.45) is 1.38. The van der Waals surface area contributed by atoms with E-state index in [0.29, 0.717) is 37.4 Å². The molecule has 0 N–H and O–H groups in total. The summed E-state index contributed by atoms with van der Waals surface area (Å²) in [7, 11) is -3.64. The summed E-state index contributed by atoms with van der Waals surface area (Å²) in [6.45, 7) is 7.01. The molecule has 0 bridgehead atoms. The summed E-state index contributed by atoms with van der Waals surface area (Å²) in [5.41, 5.74) is 2.31. The predicted octanol–water partition coefficient (Wildman–Crippen LogP) is 3.27. The van der Waals surface area contributed by atoms with Gasteiger partial charge >= 0.3 is 0 Å². The Morgan fingerprint density at radius 1 is 1.03 bits per heavy atom. The number of nitrogens with zero attached hydrogens (tertiary/aromatic N) is 2. The van der Waals surface area contributed by atoms with Crippen LogP contribution < -0.4 is 4.74 Å². The van der Waals surface area contributed by atoms with Crippen molar-refractivity contribution in [1.82, 2.24) is 9.21 Å². The van der Waals surface area contributed by atoms with Crippen LogP contribution in [0.1, 0.15) is 36.5 Å². The molecule has 0 aliphatic carbocycles. The van der Waals surface area contributed by atoms with Gasteiger partial charge < -0.3 is 9.64 Å². The smallest absolute Gasteiger partial charge is 0.243 e. The summed E-state index contributed by atoms with van der Waals surface area (Å²) in [5.74, 6) is 0.699. The lowest BCUT2D eigenvalue weighted by atomic mass is 9.93. The van der Waals surface area contributed by atoms with Gasteiger partial charge in [-0.3, -0.25) is 4.79 Å². The Balaban J connectivity index is 1.69. The van der Waals surface area contributed by atoms with Crippen LogP contribution in [0, 0.1) is 13.8 Å². The first-order valence-electron chi connectivity index (χ1n) is 10.3. The molecule has 2 aromatic rings. The highest BCUT2D eigenvalue weighted by atomic mass is 32.2. The quantitative estimate of drug-likeness (QED) is 0.736. The number of benzene rings is 2. The molecule has 30 heavy (non-hydrogen) atoms. The molecule has 6 nitrogen and oxygen atoms in total. The summed E-state index contributed by atoms with van der Waals surface area (Å²) < 4.78 is 34.6. The molecule has 1 amide bonds. The van der Waals surface area contributed by atoms with E-state index in [2.05, 4.69) is 0 Å². The fraction of sp³-hybridized carbons (Fsp3) is 0.435. The Morgan fingerprint density at radius 3 is 2.43 bits per heavy atom. The van der Waals surface area contributed by atoms with Crippen molar-refractivity contribution in [2.75, 3.05) is 19.6 Å². The van der Waals surface area contributed by atoms with E-state index >= 15 is 0 Å². The van der Waals surface area contributed by atoms with Crippen LogP contribution in [0.3, 0.4) is 0 Å². The number of amides is 1. The Hall–Kier alpha value is -2.38. The van der Waals surface area contributed by atoms with E-state index in [1.807, 2.05) is 44.2 Å². The lowest BCUT2D eigenvalue weighted by Crippen LogP contribution is -2.58. The van der Waals surface area contributed by atoms with Gasteiger partial charge in [0.2, 0.25) is 15.9 Å². The molecule has 2 aliphatic heterocycles. The van der Waals surface area contributed by atoms with Gasteiger partial charge in [-0.2, -0.15) is 4.31 Å². The van der Waals surface area contributed by atoms with Crippen molar-refractivity contribution in [1.29, 1.82) is 0 Å². The topological polar surface area (TPSA) is 66.9 Å². The molecule has 1 saturated heterocycles. The Bertz CT molecular complexity index is 1070. The van der Waals surface area contributed by atoms with Crippen LogP contribution in [0.2, 0.25) is 0 Å². The average Bonchev–Trinajstić information content (AvgIpc) is 2.85. The molecule has 7 heteroatoms. The standard InChI is InChI=1S/C23H28N2O4S/c1-17-5-8-21(9-6-17)30(27,28)25-12-4-11-23(16-25)15-24(19(3)26)14-20-13-18(2)7-10-22(20)29-23/h5-10,13H,4,11-12,14-16H2,1-3H3. The van der Waals surface area contributed by atoms with E-state index in [-0.39, 0.29) is 12.5 Å². The number of fused-ring (bicyclic) bond motifs is 1. The first kappa shape index (κ1) is 20.9. The zero-order valence-electron chi connectivity index (χ0n) is 17.7. The third-order valence-corrected chi connectivity index (χ3v) is 7.85. The van der Waals surface area contributed by atoms with Gasteiger partial charge in [0, 0.05) is 25.6 Å². The number of piperidine rings is 1. The van der Waals surface area contributed by atoms with Gasteiger partial charge in [0.15, 0.2) is 0 Å². The van der Waals surface area contributed by atoms with Crippen molar-refractivity contribution < 1.29 is 17.9 Å². The van der Waals surface area contributed by atoms with Crippen molar-refractivity contribution >= 4 is 15.9 Å². The highest BCUT2D eigenvalue weighted by molar-refractivity contribution is 7.89. The van der Waals surface area contributed by atoms with Crippen molar-refractivity contribution in [2.24, 2.45) is 0 Å². The second-order valence-electron chi connectivity index (χ2n) is 8.53. The van der Waals surface area contributed by atoms with Crippen molar-refractivity contribution in [3.05, 3.63) is 59.2 Å². The van der Waals surface area contributed by atoms with E-state index in [9.17, 15) is 13.2 Å². The molecule has 2 aliphatic rings. The molecule has 0 radical (unpaired) electrons. The molecular formula is C23H28N2O4S. The third-order valence-electron chi connectivity index (χ3n) is 5.99. The fourth-order valence-corrected chi connectivity index (χ4v) is 5.92. The van der Waals surface area contributed by atoms with Gasteiger partial charge in [0.25, 0.3) is 0 Å². The molecule has 0 saturated carbocycles. The Kier molecular flexibility index (Phi) is 5.36. The van der Waals surface area contributed by atoms with Crippen LogP contribution in [-0.4, -0.2) is 48.8 Å². The fourth-order valence-electron chi connectivity index (χ4n) is 4.36. The van der Waals surface area contributed by atoms with Gasteiger partial charge in [0.1, 0.15) is 11.4 Å². The molecule has 1 unspecified atom stereocenters. The summed E-state index contributed by atoms with van der Waals surface area (Å²) >= 11 is 0.